The van der Waals surface area contributed by atoms with Gasteiger partial charge in [0.2, 0.25) is 0 Å². The van der Waals surface area contributed by atoms with Gasteiger partial charge in [-0.1, -0.05) is 35.8 Å². The summed E-state index contributed by atoms with van der Waals surface area (Å²) in [6.07, 6.45) is -0.423. The molecule has 0 aliphatic carbocycles. The molecule has 1 amide bonds. The molecule has 6 heteroatoms. The van der Waals surface area contributed by atoms with Crippen molar-refractivity contribution in [3.8, 4) is 0 Å². The average molecular weight is 389 g/mol. The Bertz CT molecular complexity index is 530. The first-order valence-corrected chi connectivity index (χ1v) is 8.52. The lowest BCUT2D eigenvalue weighted by molar-refractivity contribution is 0.0519. The lowest BCUT2D eigenvalue weighted by Crippen LogP contribution is -2.45. The molecule has 1 aromatic rings. The van der Waals surface area contributed by atoms with Crippen molar-refractivity contribution in [2.75, 3.05) is 6.54 Å². The monoisotopic (exact) mass is 388 g/mol. The number of hydrogen-bond acceptors (Lipinski definition) is 3. The Hall–Kier alpha value is -1.14. The van der Waals surface area contributed by atoms with Crippen LogP contribution in [0.2, 0.25) is 0 Å². The third kappa shape index (κ3) is 7.79. The van der Waals surface area contributed by atoms with E-state index in [4.69, 9.17) is 4.74 Å². The number of ether oxygens (including phenoxy) is 1. The highest BCUT2D eigenvalue weighted by Crippen LogP contribution is 2.18. The maximum Gasteiger partial charge on any atom is 0.407 e. The molecule has 0 saturated heterocycles. The van der Waals surface area contributed by atoms with Gasteiger partial charge in [-0.15, -0.1) is 0 Å². The van der Waals surface area contributed by atoms with Gasteiger partial charge in [-0.3, -0.25) is 0 Å². The minimum atomic E-state index is -0.510. The van der Waals surface area contributed by atoms with Crippen LogP contribution in [0.15, 0.2) is 22.7 Å². The van der Waals surface area contributed by atoms with E-state index in [-0.39, 0.29) is 11.9 Å². The number of amides is 1. The van der Waals surface area contributed by atoms with Crippen LogP contribution in [0.4, 0.5) is 9.18 Å². The van der Waals surface area contributed by atoms with E-state index in [1.807, 2.05) is 20.8 Å². The Kier molecular flexibility index (Phi) is 7.48. The first-order valence-electron chi connectivity index (χ1n) is 7.72. The second kappa shape index (κ2) is 8.64. The van der Waals surface area contributed by atoms with Gasteiger partial charge in [-0.25, -0.2) is 9.18 Å². The number of benzene rings is 1. The minimum Gasteiger partial charge on any atom is -0.444 e. The van der Waals surface area contributed by atoms with Gasteiger partial charge >= 0.3 is 6.09 Å². The van der Waals surface area contributed by atoms with E-state index in [0.717, 1.165) is 10.0 Å². The predicted octanol–water partition coefficient (Wildman–Crippen LogP) is 4.23. The fourth-order valence-corrected chi connectivity index (χ4v) is 2.45. The fourth-order valence-electron chi connectivity index (χ4n) is 1.96. The summed E-state index contributed by atoms with van der Waals surface area (Å²) in [6, 6.07) is 4.70. The summed E-state index contributed by atoms with van der Waals surface area (Å²) in [7, 11) is 0. The van der Waals surface area contributed by atoms with Gasteiger partial charge in [0.25, 0.3) is 0 Å². The molecule has 4 nitrogen and oxygen atoms in total. The molecule has 0 spiro atoms. The van der Waals surface area contributed by atoms with Crippen molar-refractivity contribution in [3.05, 3.63) is 34.1 Å². The Labute approximate surface area is 146 Å². The normalized spacial score (nSPS) is 13.0. The quantitative estimate of drug-likeness (QED) is 0.766. The SMILES string of the molecule is CC(C)C(CNC(=O)OC(C)(C)C)NCc1ccc(F)cc1Br. The molecule has 0 aromatic heterocycles. The molecule has 130 valence electrons. The molecule has 0 bridgehead atoms. The zero-order chi connectivity index (χ0) is 17.6. The number of alkyl carbamates (subject to hydrolysis) is 1. The molecule has 23 heavy (non-hydrogen) atoms. The van der Waals surface area contributed by atoms with Crippen LogP contribution in [0.3, 0.4) is 0 Å². The fraction of sp³-hybridized carbons (Fsp3) is 0.588. The molecule has 0 radical (unpaired) electrons. The van der Waals surface area contributed by atoms with Crippen molar-refractivity contribution in [3.63, 3.8) is 0 Å². The van der Waals surface area contributed by atoms with Crippen LogP contribution in [-0.2, 0) is 11.3 Å². The molecular formula is C17H26BrFN2O2. The summed E-state index contributed by atoms with van der Waals surface area (Å²) in [5, 5.41) is 6.18. The first-order chi connectivity index (χ1) is 10.6. The second-order valence-electron chi connectivity index (χ2n) is 6.85. The zero-order valence-electron chi connectivity index (χ0n) is 14.4. The number of halogens is 2. The Morgan fingerprint density at radius 1 is 1.35 bits per heavy atom. The number of carbonyl (C=O) groups excluding carboxylic acids is 1. The third-order valence-corrected chi connectivity index (χ3v) is 3.98. The molecule has 0 fully saturated rings. The standard InChI is InChI=1S/C17H26BrFN2O2/c1-11(2)15(10-21-16(22)23-17(3,4)5)20-9-12-6-7-13(19)8-14(12)18/h6-8,11,15,20H,9-10H2,1-5H3,(H,21,22). The average Bonchev–Trinajstić information content (AvgIpc) is 2.38. The van der Waals surface area contributed by atoms with E-state index in [9.17, 15) is 9.18 Å². The molecular weight excluding hydrogens is 363 g/mol. The summed E-state index contributed by atoms with van der Waals surface area (Å²) < 4.78 is 19.1. The van der Waals surface area contributed by atoms with Crippen molar-refractivity contribution < 1.29 is 13.9 Å². The highest BCUT2D eigenvalue weighted by atomic mass is 79.9. The number of hydrogen-bond donors (Lipinski definition) is 2. The topological polar surface area (TPSA) is 50.4 Å². The van der Waals surface area contributed by atoms with Crippen LogP contribution in [0.1, 0.15) is 40.2 Å². The van der Waals surface area contributed by atoms with Gasteiger partial charge in [-0.05, 0) is 44.4 Å². The highest BCUT2D eigenvalue weighted by molar-refractivity contribution is 9.10. The summed E-state index contributed by atoms with van der Waals surface area (Å²) in [6.45, 7) is 10.7. The van der Waals surface area contributed by atoms with Gasteiger partial charge < -0.3 is 15.4 Å². The van der Waals surface area contributed by atoms with E-state index < -0.39 is 11.7 Å². The van der Waals surface area contributed by atoms with Crippen LogP contribution >= 0.6 is 15.9 Å². The first kappa shape index (κ1) is 19.9. The number of nitrogens with one attached hydrogen (secondary N) is 2. The summed E-state index contributed by atoms with van der Waals surface area (Å²) >= 11 is 3.36. The van der Waals surface area contributed by atoms with Crippen LogP contribution in [0.25, 0.3) is 0 Å². The Morgan fingerprint density at radius 3 is 2.52 bits per heavy atom. The Morgan fingerprint density at radius 2 is 2.00 bits per heavy atom. The van der Waals surface area contributed by atoms with E-state index >= 15 is 0 Å². The molecule has 1 aromatic carbocycles. The Balaban J connectivity index is 2.54. The van der Waals surface area contributed by atoms with E-state index in [1.54, 1.807) is 6.07 Å². The molecule has 1 unspecified atom stereocenters. The van der Waals surface area contributed by atoms with E-state index in [0.29, 0.717) is 19.0 Å². The van der Waals surface area contributed by atoms with Crippen LogP contribution in [0, 0.1) is 11.7 Å². The molecule has 2 N–H and O–H groups in total. The zero-order valence-corrected chi connectivity index (χ0v) is 16.0. The second-order valence-corrected chi connectivity index (χ2v) is 7.70. The van der Waals surface area contributed by atoms with Crippen LogP contribution in [-0.4, -0.2) is 24.3 Å². The van der Waals surface area contributed by atoms with Gasteiger partial charge in [0.15, 0.2) is 0 Å². The molecule has 1 atom stereocenters. The molecule has 0 heterocycles. The van der Waals surface area contributed by atoms with Gasteiger partial charge in [0.05, 0.1) is 0 Å². The van der Waals surface area contributed by atoms with E-state index in [2.05, 4.69) is 40.4 Å². The summed E-state index contributed by atoms with van der Waals surface area (Å²) in [4.78, 5) is 11.7. The summed E-state index contributed by atoms with van der Waals surface area (Å²) in [5.74, 6) is 0.0526. The van der Waals surface area contributed by atoms with Crippen molar-refractivity contribution in [1.82, 2.24) is 10.6 Å². The van der Waals surface area contributed by atoms with Gasteiger partial charge in [0, 0.05) is 23.6 Å². The molecule has 0 aliphatic rings. The van der Waals surface area contributed by atoms with Crippen LogP contribution in [0.5, 0.6) is 0 Å². The number of rotatable bonds is 6. The minimum absolute atomic E-state index is 0.0828. The lowest BCUT2D eigenvalue weighted by Gasteiger charge is -2.25. The molecule has 0 aliphatic heterocycles. The largest absolute Gasteiger partial charge is 0.444 e. The van der Waals surface area contributed by atoms with Crippen molar-refractivity contribution >= 4 is 22.0 Å². The maximum atomic E-state index is 13.1. The maximum absolute atomic E-state index is 13.1. The third-order valence-electron chi connectivity index (χ3n) is 3.24. The lowest BCUT2D eigenvalue weighted by atomic mass is 10.0. The van der Waals surface area contributed by atoms with Gasteiger partial charge in [0.1, 0.15) is 11.4 Å². The van der Waals surface area contributed by atoms with Crippen molar-refractivity contribution in [1.29, 1.82) is 0 Å². The van der Waals surface area contributed by atoms with E-state index in [1.165, 1.54) is 12.1 Å². The van der Waals surface area contributed by atoms with Gasteiger partial charge in [-0.2, -0.15) is 0 Å². The summed E-state index contributed by atoms with van der Waals surface area (Å²) in [5.41, 5.74) is 0.457. The smallest absolute Gasteiger partial charge is 0.407 e. The molecule has 1 rings (SSSR count). The predicted molar refractivity (Wildman–Crippen MR) is 93.8 cm³/mol. The molecule has 0 saturated carbocycles. The van der Waals surface area contributed by atoms with Crippen LogP contribution < -0.4 is 10.6 Å². The van der Waals surface area contributed by atoms with Crippen molar-refractivity contribution in [2.45, 2.75) is 52.8 Å². The number of carbonyl (C=O) groups is 1. The highest BCUT2D eigenvalue weighted by Gasteiger charge is 2.19. The van der Waals surface area contributed by atoms with Crippen molar-refractivity contribution in [2.24, 2.45) is 5.92 Å².